The number of rotatable bonds is 6. The third-order valence-electron chi connectivity index (χ3n) is 5.99. The lowest BCUT2D eigenvalue weighted by Crippen LogP contribution is -2.58. The number of benzene rings is 2. The average Bonchev–Trinajstić information content (AvgIpc) is 2.72. The molecular formula is C23H25NO5. The van der Waals surface area contributed by atoms with E-state index in [2.05, 4.69) is 5.18 Å². The molecule has 152 valence electrons. The summed E-state index contributed by atoms with van der Waals surface area (Å²) in [6.45, 7) is 2.88. The van der Waals surface area contributed by atoms with Gasteiger partial charge in [-0.1, -0.05) is 65.8 Å². The van der Waals surface area contributed by atoms with Gasteiger partial charge in [0.25, 0.3) is 0 Å². The molecule has 0 aromatic heterocycles. The molecule has 6 nitrogen and oxygen atoms in total. The molecule has 29 heavy (non-hydrogen) atoms. The van der Waals surface area contributed by atoms with Crippen LogP contribution in [0.25, 0.3) is 0 Å². The van der Waals surface area contributed by atoms with E-state index in [0.29, 0.717) is 5.56 Å². The van der Waals surface area contributed by atoms with Crippen molar-refractivity contribution in [2.75, 3.05) is 0 Å². The van der Waals surface area contributed by atoms with Gasteiger partial charge in [-0.3, -0.25) is 9.59 Å². The highest BCUT2D eigenvalue weighted by Gasteiger charge is 2.62. The number of carbonyl (C=O) groups is 2. The van der Waals surface area contributed by atoms with Crippen molar-refractivity contribution in [3.63, 3.8) is 0 Å². The van der Waals surface area contributed by atoms with Crippen molar-refractivity contribution in [3.8, 4) is 0 Å². The van der Waals surface area contributed by atoms with E-state index in [1.165, 1.54) is 13.8 Å². The maximum absolute atomic E-state index is 13.3. The highest BCUT2D eigenvalue weighted by molar-refractivity contribution is 6.04. The Morgan fingerprint density at radius 1 is 1.07 bits per heavy atom. The van der Waals surface area contributed by atoms with Crippen molar-refractivity contribution >= 4 is 11.8 Å². The fraction of sp³-hybridized carbons (Fsp3) is 0.391. The number of hydrogen-bond acceptors (Lipinski definition) is 6. The van der Waals surface area contributed by atoms with Crippen LogP contribution in [0.1, 0.15) is 43.7 Å². The Labute approximate surface area is 169 Å². The first-order chi connectivity index (χ1) is 13.8. The van der Waals surface area contributed by atoms with Gasteiger partial charge in [-0.25, -0.2) is 0 Å². The largest absolute Gasteiger partial charge is 0.460 e. The molecule has 1 N–H and O–H groups in total. The predicted molar refractivity (Wildman–Crippen MR) is 108 cm³/mol. The second-order valence-corrected chi connectivity index (χ2v) is 7.89. The zero-order valence-electron chi connectivity index (χ0n) is 16.6. The maximum Gasteiger partial charge on any atom is 0.320 e. The predicted octanol–water partition coefficient (Wildman–Crippen LogP) is 3.77. The third-order valence-corrected chi connectivity index (χ3v) is 5.99. The van der Waals surface area contributed by atoms with Gasteiger partial charge in [0.15, 0.2) is 0 Å². The highest BCUT2D eigenvalue weighted by atomic mass is 16.5. The Morgan fingerprint density at radius 2 is 1.66 bits per heavy atom. The molecule has 1 fully saturated rings. The molecule has 0 amide bonds. The number of nitroso groups, excluding NO2 is 1. The minimum Gasteiger partial charge on any atom is -0.460 e. The van der Waals surface area contributed by atoms with Gasteiger partial charge in [-0.05, 0) is 37.8 Å². The van der Waals surface area contributed by atoms with Gasteiger partial charge < -0.3 is 9.84 Å². The Kier molecular flexibility index (Phi) is 5.94. The lowest BCUT2D eigenvalue weighted by molar-refractivity contribution is -0.170. The molecule has 0 radical (unpaired) electrons. The Morgan fingerprint density at radius 3 is 2.21 bits per heavy atom. The van der Waals surface area contributed by atoms with E-state index in [9.17, 15) is 19.6 Å². The van der Waals surface area contributed by atoms with Crippen LogP contribution in [0.4, 0.5) is 0 Å². The topological polar surface area (TPSA) is 93.0 Å². The fourth-order valence-electron chi connectivity index (χ4n) is 4.30. The van der Waals surface area contributed by atoms with Crippen molar-refractivity contribution in [2.45, 2.75) is 50.9 Å². The van der Waals surface area contributed by atoms with Crippen molar-refractivity contribution < 1.29 is 19.4 Å². The molecule has 2 aromatic rings. The van der Waals surface area contributed by atoms with E-state index in [-0.39, 0.29) is 19.4 Å². The third kappa shape index (κ3) is 3.85. The Bertz CT molecular complexity index is 881. The van der Waals surface area contributed by atoms with Crippen LogP contribution in [0.15, 0.2) is 65.8 Å². The van der Waals surface area contributed by atoms with Crippen LogP contribution in [0.5, 0.6) is 0 Å². The summed E-state index contributed by atoms with van der Waals surface area (Å²) in [5.41, 5.74) is -1.62. The van der Waals surface area contributed by atoms with Crippen molar-refractivity contribution in [2.24, 2.45) is 10.6 Å². The van der Waals surface area contributed by atoms with Gasteiger partial charge >= 0.3 is 5.97 Å². The summed E-state index contributed by atoms with van der Waals surface area (Å²) in [7, 11) is 0. The smallest absolute Gasteiger partial charge is 0.320 e. The number of nitrogens with zero attached hydrogens (tertiary/aromatic N) is 1. The van der Waals surface area contributed by atoms with Crippen LogP contribution in [0.3, 0.4) is 0 Å². The summed E-state index contributed by atoms with van der Waals surface area (Å²) in [6.07, 6.45) is 0.168. The molecule has 3 rings (SSSR count). The van der Waals surface area contributed by atoms with E-state index in [0.717, 1.165) is 5.56 Å². The monoisotopic (exact) mass is 395 g/mol. The molecule has 0 heterocycles. The lowest BCUT2D eigenvalue weighted by Gasteiger charge is -2.48. The summed E-state index contributed by atoms with van der Waals surface area (Å²) in [4.78, 5) is 38.0. The molecule has 0 saturated heterocycles. The molecule has 1 aliphatic rings. The second kappa shape index (κ2) is 8.25. The molecular weight excluding hydrogens is 370 g/mol. The summed E-state index contributed by atoms with van der Waals surface area (Å²) >= 11 is 0. The number of ketones is 1. The summed E-state index contributed by atoms with van der Waals surface area (Å²) in [5.74, 6) is -1.99. The summed E-state index contributed by atoms with van der Waals surface area (Å²) in [6, 6.07) is 16.8. The molecule has 0 unspecified atom stereocenters. The molecule has 1 saturated carbocycles. The Hall–Kier alpha value is -2.86. The summed E-state index contributed by atoms with van der Waals surface area (Å²) in [5, 5.41) is 14.0. The van der Waals surface area contributed by atoms with Gasteiger partial charge in [0.1, 0.15) is 23.8 Å². The standard InChI is InChI=1S/C23H25NO5/c1-16(25)23(21(26)29-15-17-9-5-3-6-10-17)14-13-22(2,27)20(24-28)19(23)18-11-7-4-8-12-18/h3-12,19-20,27H,13-15H2,1-2H3/t19-,20-,22+,23-/m0/s1. The first-order valence-corrected chi connectivity index (χ1v) is 9.65. The van der Waals surface area contributed by atoms with Crippen molar-refractivity contribution in [1.29, 1.82) is 0 Å². The maximum atomic E-state index is 13.3. The number of Topliss-reactive ketones (excluding diaryl/α,β-unsaturated/α-hetero) is 1. The van der Waals surface area contributed by atoms with Crippen LogP contribution in [0, 0.1) is 10.3 Å². The van der Waals surface area contributed by atoms with Gasteiger partial charge in [0.05, 0.1) is 5.60 Å². The van der Waals surface area contributed by atoms with Gasteiger partial charge in [-0.2, -0.15) is 4.91 Å². The number of hydrogen-bond donors (Lipinski definition) is 1. The lowest BCUT2D eigenvalue weighted by atomic mass is 9.56. The van der Waals surface area contributed by atoms with Crippen LogP contribution in [-0.2, 0) is 20.9 Å². The average molecular weight is 395 g/mol. The second-order valence-electron chi connectivity index (χ2n) is 7.89. The number of carbonyl (C=O) groups excluding carboxylic acids is 2. The zero-order chi connectivity index (χ0) is 21.1. The number of ether oxygens (including phenoxy) is 1. The fourth-order valence-corrected chi connectivity index (χ4v) is 4.30. The normalized spacial score (nSPS) is 29.1. The van der Waals surface area contributed by atoms with Crippen molar-refractivity contribution in [1.82, 2.24) is 0 Å². The van der Waals surface area contributed by atoms with Gasteiger partial charge in [0, 0.05) is 5.92 Å². The van der Waals surface area contributed by atoms with Crippen LogP contribution in [-0.4, -0.2) is 28.5 Å². The molecule has 6 heteroatoms. The minimum absolute atomic E-state index is 0.0196. The van der Waals surface area contributed by atoms with E-state index in [4.69, 9.17) is 4.74 Å². The zero-order valence-corrected chi connectivity index (χ0v) is 16.6. The quantitative estimate of drug-likeness (QED) is 0.457. The molecule has 0 aliphatic heterocycles. The van der Waals surface area contributed by atoms with E-state index >= 15 is 0 Å². The molecule has 0 spiro atoms. The molecule has 1 aliphatic carbocycles. The number of aliphatic hydroxyl groups is 1. The van der Waals surface area contributed by atoms with Crippen LogP contribution < -0.4 is 0 Å². The molecule has 4 atom stereocenters. The minimum atomic E-state index is -1.59. The number of esters is 1. The summed E-state index contributed by atoms with van der Waals surface area (Å²) < 4.78 is 5.56. The van der Waals surface area contributed by atoms with Gasteiger partial charge in [-0.15, -0.1) is 0 Å². The Balaban J connectivity index is 2.04. The van der Waals surface area contributed by atoms with E-state index in [1.807, 2.05) is 30.3 Å². The first kappa shape index (κ1) is 20.9. The van der Waals surface area contributed by atoms with Gasteiger partial charge in [0.2, 0.25) is 0 Å². The molecule has 2 aromatic carbocycles. The highest BCUT2D eigenvalue weighted by Crippen LogP contribution is 2.53. The van der Waals surface area contributed by atoms with E-state index in [1.54, 1.807) is 30.3 Å². The van der Waals surface area contributed by atoms with Crippen LogP contribution >= 0.6 is 0 Å². The van der Waals surface area contributed by atoms with Crippen molar-refractivity contribution in [3.05, 3.63) is 76.7 Å². The first-order valence-electron chi connectivity index (χ1n) is 9.65. The van der Waals surface area contributed by atoms with E-state index < -0.39 is 34.7 Å². The van der Waals surface area contributed by atoms with Crippen LogP contribution in [0.2, 0.25) is 0 Å². The SMILES string of the molecule is CC(=O)[C@@]1(C(=O)OCc2ccccc2)CC[C@@](C)(O)[C@@H](N=O)[C@@H]1c1ccccc1. The molecule has 0 bridgehead atoms.